The molecule has 7 heteroatoms. The fourth-order valence-corrected chi connectivity index (χ4v) is 3.12. The molecule has 1 aliphatic rings. The summed E-state index contributed by atoms with van der Waals surface area (Å²) in [4.78, 5) is 25.3. The van der Waals surface area contributed by atoms with Crippen molar-refractivity contribution in [3.63, 3.8) is 0 Å². The summed E-state index contributed by atoms with van der Waals surface area (Å²) in [5.74, 6) is 0.714. The summed E-state index contributed by atoms with van der Waals surface area (Å²) < 4.78 is 15.9. The summed E-state index contributed by atoms with van der Waals surface area (Å²) >= 11 is 0. The number of para-hydroxylation sites is 1. The van der Waals surface area contributed by atoms with Crippen molar-refractivity contribution in [1.29, 1.82) is 0 Å². The number of amides is 2. The molecule has 2 aromatic rings. The Hall–Kier alpha value is -3.48. The van der Waals surface area contributed by atoms with Gasteiger partial charge in [0.15, 0.2) is 0 Å². The van der Waals surface area contributed by atoms with Gasteiger partial charge < -0.3 is 24.8 Å². The molecule has 2 aromatic carbocycles. The largest absolute Gasteiger partial charge is 0.497 e. The molecule has 0 saturated heterocycles. The number of hydrogen-bond donors (Lipinski definition) is 2. The second-order valence-corrected chi connectivity index (χ2v) is 6.01. The van der Waals surface area contributed by atoms with E-state index < -0.39 is 18.0 Å². The molecular formula is C21H22N2O5. The first-order chi connectivity index (χ1) is 13.6. The van der Waals surface area contributed by atoms with Gasteiger partial charge in [-0.2, -0.15) is 0 Å². The minimum atomic E-state index is -0.721. The van der Waals surface area contributed by atoms with Gasteiger partial charge in [-0.3, -0.25) is 0 Å². The molecule has 1 heterocycles. The van der Waals surface area contributed by atoms with Crippen molar-refractivity contribution < 1.29 is 23.8 Å². The third-order valence-corrected chi connectivity index (χ3v) is 4.40. The maximum atomic E-state index is 12.9. The zero-order valence-corrected chi connectivity index (χ0v) is 15.9. The zero-order valence-electron chi connectivity index (χ0n) is 15.9. The Morgan fingerprint density at radius 3 is 2.39 bits per heavy atom. The molecule has 1 aliphatic heterocycles. The van der Waals surface area contributed by atoms with Gasteiger partial charge in [-0.1, -0.05) is 18.2 Å². The van der Waals surface area contributed by atoms with Crippen molar-refractivity contribution in [3.8, 4) is 11.5 Å². The van der Waals surface area contributed by atoms with Crippen LogP contribution in [0.4, 0.5) is 4.79 Å². The average molecular weight is 382 g/mol. The monoisotopic (exact) mass is 382 g/mol. The third-order valence-electron chi connectivity index (χ3n) is 4.40. The number of ether oxygens (including phenoxy) is 3. The molecule has 0 aromatic heterocycles. The van der Waals surface area contributed by atoms with Crippen molar-refractivity contribution in [2.75, 3.05) is 20.8 Å². The van der Waals surface area contributed by atoms with Gasteiger partial charge in [-0.15, -0.1) is 0 Å². The van der Waals surface area contributed by atoms with E-state index in [2.05, 4.69) is 10.6 Å². The van der Waals surface area contributed by atoms with Crippen LogP contribution in [0, 0.1) is 0 Å². The highest BCUT2D eigenvalue weighted by Crippen LogP contribution is 2.36. The Morgan fingerprint density at radius 1 is 1.04 bits per heavy atom. The van der Waals surface area contributed by atoms with Crippen LogP contribution < -0.4 is 20.1 Å². The van der Waals surface area contributed by atoms with E-state index in [-0.39, 0.29) is 6.61 Å². The summed E-state index contributed by atoms with van der Waals surface area (Å²) in [6.45, 7) is 1.95. The minimum absolute atomic E-state index is 0.213. The van der Waals surface area contributed by atoms with E-state index in [4.69, 9.17) is 14.2 Å². The van der Waals surface area contributed by atoms with Crippen LogP contribution in [0.25, 0.3) is 5.70 Å². The number of nitrogens with one attached hydrogen (secondary N) is 2. The quantitative estimate of drug-likeness (QED) is 0.750. The van der Waals surface area contributed by atoms with Crippen LogP contribution in [0.1, 0.15) is 24.1 Å². The van der Waals surface area contributed by atoms with Crippen molar-refractivity contribution in [1.82, 2.24) is 10.6 Å². The van der Waals surface area contributed by atoms with Crippen LogP contribution in [0.2, 0.25) is 0 Å². The maximum Gasteiger partial charge on any atom is 0.338 e. The van der Waals surface area contributed by atoms with Gasteiger partial charge in [-0.25, -0.2) is 9.59 Å². The molecular weight excluding hydrogens is 360 g/mol. The predicted octanol–water partition coefficient (Wildman–Crippen LogP) is 3.03. The molecule has 0 bridgehead atoms. The molecule has 28 heavy (non-hydrogen) atoms. The lowest BCUT2D eigenvalue weighted by Crippen LogP contribution is -2.45. The molecule has 0 aliphatic carbocycles. The van der Waals surface area contributed by atoms with E-state index in [1.54, 1.807) is 57.5 Å². The second-order valence-electron chi connectivity index (χ2n) is 6.01. The van der Waals surface area contributed by atoms with Gasteiger partial charge in [-0.05, 0) is 42.8 Å². The van der Waals surface area contributed by atoms with Crippen LogP contribution in [0.15, 0.2) is 54.1 Å². The molecule has 2 amide bonds. The highest BCUT2D eigenvalue weighted by atomic mass is 16.5. The number of carbonyl (C=O) groups excluding carboxylic acids is 2. The van der Waals surface area contributed by atoms with Crippen LogP contribution >= 0.6 is 0 Å². The Morgan fingerprint density at radius 2 is 1.75 bits per heavy atom. The lowest BCUT2D eigenvalue weighted by molar-refractivity contribution is -0.138. The molecule has 7 nitrogen and oxygen atoms in total. The number of hydrogen-bond acceptors (Lipinski definition) is 5. The summed E-state index contributed by atoms with van der Waals surface area (Å²) in [5.41, 5.74) is 2.02. The molecule has 3 rings (SSSR count). The van der Waals surface area contributed by atoms with Gasteiger partial charge in [0.2, 0.25) is 0 Å². The molecule has 146 valence electrons. The van der Waals surface area contributed by atoms with Crippen LogP contribution in [0.3, 0.4) is 0 Å². The lowest BCUT2D eigenvalue weighted by Gasteiger charge is -2.30. The van der Waals surface area contributed by atoms with Crippen molar-refractivity contribution in [2.24, 2.45) is 0 Å². The van der Waals surface area contributed by atoms with Crippen LogP contribution in [-0.2, 0) is 9.53 Å². The third kappa shape index (κ3) is 3.78. The normalized spacial score (nSPS) is 16.1. The van der Waals surface area contributed by atoms with Gasteiger partial charge in [0, 0.05) is 5.56 Å². The highest BCUT2D eigenvalue weighted by molar-refractivity contribution is 6.04. The van der Waals surface area contributed by atoms with Crippen molar-refractivity contribution in [2.45, 2.75) is 13.0 Å². The standard InChI is InChI=1S/C21H22N2O5/c1-4-28-20(24)17-18(13-9-11-14(26-2)12-10-13)22-21(25)23-19(17)15-7-5-6-8-16(15)27-3/h5-12,19H,4H2,1-3H3,(H2,22,23,25). The smallest absolute Gasteiger partial charge is 0.338 e. The summed E-state index contributed by atoms with van der Waals surface area (Å²) in [7, 11) is 3.11. The molecule has 2 N–H and O–H groups in total. The number of methoxy groups -OCH3 is 2. The molecule has 0 spiro atoms. The Balaban J connectivity index is 2.19. The first-order valence-corrected chi connectivity index (χ1v) is 8.85. The number of carbonyl (C=O) groups is 2. The van der Waals surface area contributed by atoms with E-state index in [9.17, 15) is 9.59 Å². The number of benzene rings is 2. The highest BCUT2D eigenvalue weighted by Gasteiger charge is 2.35. The zero-order chi connectivity index (χ0) is 20.1. The lowest BCUT2D eigenvalue weighted by atomic mass is 9.92. The SMILES string of the molecule is CCOC(=O)C1=C(c2ccc(OC)cc2)NC(=O)NC1c1ccccc1OC. The van der Waals surface area contributed by atoms with E-state index in [1.807, 2.05) is 12.1 Å². The Bertz CT molecular complexity index is 905. The summed E-state index contributed by atoms with van der Waals surface area (Å²) in [6, 6.07) is 13.2. The minimum Gasteiger partial charge on any atom is -0.497 e. The average Bonchev–Trinajstić information content (AvgIpc) is 2.73. The van der Waals surface area contributed by atoms with Gasteiger partial charge in [0.25, 0.3) is 0 Å². The van der Waals surface area contributed by atoms with Crippen molar-refractivity contribution >= 4 is 17.7 Å². The van der Waals surface area contributed by atoms with E-state index in [0.29, 0.717) is 33.9 Å². The number of esters is 1. The number of rotatable bonds is 6. The predicted molar refractivity (Wildman–Crippen MR) is 104 cm³/mol. The Kier molecular flexibility index (Phi) is 5.84. The second kappa shape index (κ2) is 8.47. The van der Waals surface area contributed by atoms with Crippen LogP contribution in [-0.4, -0.2) is 32.8 Å². The molecule has 0 radical (unpaired) electrons. The van der Waals surface area contributed by atoms with E-state index in [0.717, 1.165) is 0 Å². The topological polar surface area (TPSA) is 85.9 Å². The van der Waals surface area contributed by atoms with E-state index in [1.165, 1.54) is 0 Å². The van der Waals surface area contributed by atoms with E-state index >= 15 is 0 Å². The molecule has 0 saturated carbocycles. The van der Waals surface area contributed by atoms with Crippen LogP contribution in [0.5, 0.6) is 11.5 Å². The van der Waals surface area contributed by atoms with Crippen molar-refractivity contribution in [3.05, 3.63) is 65.2 Å². The number of urea groups is 1. The maximum absolute atomic E-state index is 12.9. The first-order valence-electron chi connectivity index (χ1n) is 8.85. The molecule has 0 fully saturated rings. The molecule has 1 atom stereocenters. The fraction of sp³-hybridized carbons (Fsp3) is 0.238. The van der Waals surface area contributed by atoms with Gasteiger partial charge >= 0.3 is 12.0 Å². The summed E-state index contributed by atoms with van der Waals surface area (Å²) in [5, 5.41) is 5.55. The van der Waals surface area contributed by atoms with Gasteiger partial charge in [0.05, 0.1) is 38.1 Å². The first kappa shape index (κ1) is 19.3. The Labute approximate surface area is 163 Å². The van der Waals surface area contributed by atoms with Gasteiger partial charge in [0.1, 0.15) is 11.5 Å². The summed E-state index contributed by atoms with van der Waals surface area (Å²) in [6.07, 6.45) is 0. The molecule has 1 unspecified atom stereocenters. The fourth-order valence-electron chi connectivity index (χ4n) is 3.12.